The Bertz CT molecular complexity index is 893. The minimum absolute atomic E-state index is 0.0942. The number of hydrogen-bond donors (Lipinski definition) is 1. The number of nitrogens with zero attached hydrogens (tertiary/aromatic N) is 2. The van der Waals surface area contributed by atoms with Crippen LogP contribution in [-0.4, -0.2) is 40.9 Å². The molecule has 2 aliphatic rings. The first-order chi connectivity index (χ1) is 15.0. The quantitative estimate of drug-likeness (QED) is 0.764. The maximum Gasteiger partial charge on any atom is 0.322 e. The van der Waals surface area contributed by atoms with Gasteiger partial charge in [0.15, 0.2) is 0 Å². The molecule has 6 nitrogen and oxygen atoms in total. The monoisotopic (exact) mass is 421 g/mol. The SMILES string of the molecule is CC(C)CC(=O)N1CCC(Oc2ccc(NC(=O)N3Cc4ccccc4C3)cc2)CC1. The number of nitrogens with one attached hydrogen (secondary N) is 1. The number of hydrogen-bond acceptors (Lipinski definition) is 3. The van der Waals surface area contributed by atoms with Gasteiger partial charge in [0.1, 0.15) is 11.9 Å². The fourth-order valence-corrected chi connectivity index (χ4v) is 4.19. The van der Waals surface area contributed by atoms with E-state index in [1.807, 2.05) is 46.2 Å². The van der Waals surface area contributed by atoms with Crippen LogP contribution in [0.1, 0.15) is 44.2 Å². The standard InChI is InChI=1S/C25H31N3O3/c1-18(2)15-24(29)27-13-11-23(12-14-27)31-22-9-7-21(8-10-22)26-25(30)28-16-19-5-3-4-6-20(19)17-28/h3-10,18,23H,11-17H2,1-2H3,(H,26,30). The molecular weight excluding hydrogens is 390 g/mol. The summed E-state index contributed by atoms with van der Waals surface area (Å²) in [7, 11) is 0. The molecule has 4 rings (SSSR count). The van der Waals surface area contributed by atoms with Crippen molar-refractivity contribution in [3.8, 4) is 5.75 Å². The Balaban J connectivity index is 1.24. The number of fused-ring (bicyclic) bond motifs is 1. The van der Waals surface area contributed by atoms with E-state index in [2.05, 4.69) is 31.3 Å². The molecule has 31 heavy (non-hydrogen) atoms. The van der Waals surface area contributed by atoms with Crippen LogP contribution in [0.15, 0.2) is 48.5 Å². The zero-order valence-corrected chi connectivity index (χ0v) is 18.3. The highest BCUT2D eigenvalue weighted by Crippen LogP contribution is 2.25. The highest BCUT2D eigenvalue weighted by molar-refractivity contribution is 5.89. The molecule has 0 bridgehead atoms. The fourth-order valence-electron chi connectivity index (χ4n) is 4.19. The van der Waals surface area contributed by atoms with Crippen LogP contribution in [0, 0.1) is 5.92 Å². The Morgan fingerprint density at radius 2 is 1.58 bits per heavy atom. The summed E-state index contributed by atoms with van der Waals surface area (Å²) in [6.07, 6.45) is 2.42. The zero-order valence-electron chi connectivity index (χ0n) is 18.3. The second-order valence-electron chi connectivity index (χ2n) is 8.88. The molecule has 0 spiro atoms. The number of carbonyl (C=O) groups is 2. The van der Waals surface area contributed by atoms with Gasteiger partial charge in [-0.1, -0.05) is 38.1 Å². The lowest BCUT2D eigenvalue weighted by Gasteiger charge is -2.32. The van der Waals surface area contributed by atoms with Gasteiger partial charge in [0.25, 0.3) is 0 Å². The first-order valence-corrected chi connectivity index (χ1v) is 11.1. The van der Waals surface area contributed by atoms with Crippen molar-refractivity contribution in [2.45, 2.75) is 52.3 Å². The highest BCUT2D eigenvalue weighted by atomic mass is 16.5. The number of ether oxygens (including phenoxy) is 1. The van der Waals surface area contributed by atoms with Gasteiger partial charge in [-0.15, -0.1) is 0 Å². The molecule has 1 N–H and O–H groups in total. The van der Waals surface area contributed by atoms with E-state index < -0.39 is 0 Å². The molecule has 0 atom stereocenters. The lowest BCUT2D eigenvalue weighted by molar-refractivity contribution is -0.133. The van der Waals surface area contributed by atoms with Crippen molar-refractivity contribution in [1.29, 1.82) is 0 Å². The molecule has 0 saturated carbocycles. The second-order valence-corrected chi connectivity index (χ2v) is 8.88. The number of anilines is 1. The molecule has 2 heterocycles. The fraction of sp³-hybridized carbons (Fsp3) is 0.440. The van der Waals surface area contributed by atoms with Crippen LogP contribution in [0.25, 0.3) is 0 Å². The van der Waals surface area contributed by atoms with Crippen molar-refractivity contribution in [2.75, 3.05) is 18.4 Å². The van der Waals surface area contributed by atoms with Gasteiger partial charge in [0, 0.05) is 51.1 Å². The van der Waals surface area contributed by atoms with Gasteiger partial charge in [-0.2, -0.15) is 0 Å². The average molecular weight is 422 g/mol. The summed E-state index contributed by atoms with van der Waals surface area (Å²) in [4.78, 5) is 28.6. The molecule has 2 aromatic carbocycles. The number of carbonyl (C=O) groups excluding carboxylic acids is 2. The number of rotatable bonds is 5. The minimum Gasteiger partial charge on any atom is -0.490 e. The van der Waals surface area contributed by atoms with Crippen molar-refractivity contribution in [3.63, 3.8) is 0 Å². The summed E-state index contributed by atoms with van der Waals surface area (Å²) in [5, 5.41) is 2.97. The Kier molecular flexibility index (Phi) is 6.44. The molecule has 0 aliphatic carbocycles. The third-order valence-electron chi connectivity index (χ3n) is 5.91. The molecule has 2 aromatic rings. The number of likely N-dealkylation sites (tertiary alicyclic amines) is 1. The van der Waals surface area contributed by atoms with Gasteiger partial charge in [-0.05, 0) is 41.3 Å². The van der Waals surface area contributed by atoms with Crippen molar-refractivity contribution in [2.24, 2.45) is 5.92 Å². The largest absolute Gasteiger partial charge is 0.490 e. The molecule has 164 valence electrons. The number of piperidine rings is 1. The summed E-state index contributed by atoms with van der Waals surface area (Å²) in [6, 6.07) is 15.6. The van der Waals surface area contributed by atoms with Crippen LogP contribution in [0.3, 0.4) is 0 Å². The van der Waals surface area contributed by atoms with E-state index in [0.29, 0.717) is 25.4 Å². The van der Waals surface area contributed by atoms with E-state index in [9.17, 15) is 9.59 Å². The van der Waals surface area contributed by atoms with Crippen molar-refractivity contribution in [1.82, 2.24) is 9.80 Å². The number of benzene rings is 2. The van der Waals surface area contributed by atoms with Gasteiger partial charge >= 0.3 is 6.03 Å². The molecule has 6 heteroatoms. The predicted molar refractivity (Wildman–Crippen MR) is 121 cm³/mol. The van der Waals surface area contributed by atoms with Crippen LogP contribution >= 0.6 is 0 Å². The van der Waals surface area contributed by atoms with E-state index in [-0.39, 0.29) is 18.0 Å². The maximum atomic E-state index is 12.6. The first-order valence-electron chi connectivity index (χ1n) is 11.1. The lowest BCUT2D eigenvalue weighted by Crippen LogP contribution is -2.42. The van der Waals surface area contributed by atoms with Crippen molar-refractivity contribution >= 4 is 17.6 Å². The summed E-state index contributed by atoms with van der Waals surface area (Å²) in [5.74, 6) is 1.43. The predicted octanol–water partition coefficient (Wildman–Crippen LogP) is 4.65. The lowest BCUT2D eigenvalue weighted by atomic mass is 10.0. The van der Waals surface area contributed by atoms with Crippen LogP contribution in [0.2, 0.25) is 0 Å². The Hall–Kier alpha value is -3.02. The van der Waals surface area contributed by atoms with Crippen molar-refractivity contribution < 1.29 is 14.3 Å². The number of amides is 3. The molecule has 0 unspecified atom stereocenters. The Labute approximate surface area is 184 Å². The van der Waals surface area contributed by atoms with Gasteiger partial charge in [0.05, 0.1) is 0 Å². The third-order valence-corrected chi connectivity index (χ3v) is 5.91. The van der Waals surface area contributed by atoms with E-state index >= 15 is 0 Å². The maximum absolute atomic E-state index is 12.6. The third kappa shape index (κ3) is 5.37. The van der Waals surface area contributed by atoms with Gasteiger partial charge in [-0.25, -0.2) is 4.79 Å². The molecule has 1 fully saturated rings. The zero-order chi connectivity index (χ0) is 21.8. The van der Waals surface area contributed by atoms with Gasteiger partial charge in [0.2, 0.25) is 5.91 Å². The highest BCUT2D eigenvalue weighted by Gasteiger charge is 2.25. The summed E-state index contributed by atoms with van der Waals surface area (Å²) < 4.78 is 6.11. The molecule has 3 amide bonds. The Morgan fingerprint density at radius 1 is 0.968 bits per heavy atom. The molecular formula is C25H31N3O3. The van der Waals surface area contributed by atoms with Gasteiger partial charge in [-0.3, -0.25) is 4.79 Å². The summed E-state index contributed by atoms with van der Waals surface area (Å²) in [6.45, 7) is 6.93. The first kappa shape index (κ1) is 21.2. The molecule has 2 aliphatic heterocycles. The molecule has 1 saturated heterocycles. The molecule has 0 aromatic heterocycles. The van der Waals surface area contributed by atoms with Crippen LogP contribution in [0.5, 0.6) is 5.75 Å². The average Bonchev–Trinajstić information content (AvgIpc) is 3.20. The smallest absolute Gasteiger partial charge is 0.322 e. The van der Waals surface area contributed by atoms with Crippen molar-refractivity contribution in [3.05, 3.63) is 59.7 Å². The summed E-state index contributed by atoms with van der Waals surface area (Å²) >= 11 is 0. The molecule has 0 radical (unpaired) electrons. The van der Waals surface area contributed by atoms with Crippen LogP contribution in [-0.2, 0) is 17.9 Å². The van der Waals surface area contributed by atoms with Crippen LogP contribution in [0.4, 0.5) is 10.5 Å². The number of urea groups is 1. The minimum atomic E-state index is -0.0942. The summed E-state index contributed by atoms with van der Waals surface area (Å²) in [5.41, 5.74) is 3.17. The second kappa shape index (κ2) is 9.41. The normalized spacial score (nSPS) is 16.4. The van der Waals surface area contributed by atoms with Gasteiger partial charge < -0.3 is 19.9 Å². The topological polar surface area (TPSA) is 61.9 Å². The van der Waals surface area contributed by atoms with E-state index in [0.717, 1.165) is 37.4 Å². The van der Waals surface area contributed by atoms with Crippen LogP contribution < -0.4 is 10.1 Å². The van der Waals surface area contributed by atoms with E-state index in [1.165, 1.54) is 11.1 Å². The Morgan fingerprint density at radius 3 is 2.16 bits per heavy atom. The van der Waals surface area contributed by atoms with E-state index in [4.69, 9.17) is 4.74 Å². The van der Waals surface area contributed by atoms with E-state index in [1.54, 1.807) is 0 Å².